The number of pyridine rings is 1. The Kier molecular flexibility index (Phi) is 6.78. The second-order valence-corrected chi connectivity index (χ2v) is 10.4. The molecule has 0 aliphatic heterocycles. The molecule has 1 N–H and O–H groups in total. The fourth-order valence-corrected chi connectivity index (χ4v) is 4.59. The zero-order valence-electron chi connectivity index (χ0n) is 18.3. The molecule has 0 spiro atoms. The first-order valence-corrected chi connectivity index (χ1v) is 11.3. The first kappa shape index (κ1) is 25.3. The summed E-state index contributed by atoms with van der Waals surface area (Å²) in [4.78, 5) is 16.0. The Morgan fingerprint density at radius 2 is 1.91 bits per heavy atom. The largest absolute Gasteiger partial charge is 0.465 e. The van der Waals surface area contributed by atoms with E-state index in [-0.39, 0.29) is 12.1 Å². The van der Waals surface area contributed by atoms with Gasteiger partial charge in [0.2, 0.25) is 11.0 Å². The summed E-state index contributed by atoms with van der Waals surface area (Å²) in [5.41, 5.74) is -2.21. The molecule has 3 heterocycles. The molecule has 3 rings (SSSR count). The van der Waals surface area contributed by atoms with Gasteiger partial charge >= 0.3 is 16.1 Å². The summed E-state index contributed by atoms with van der Waals surface area (Å²) in [5, 5.41) is 8.61. The monoisotopic (exact) mass is 503 g/mol. The number of nitrogens with zero attached hydrogens (tertiary/aromatic N) is 3. The fraction of sp³-hybridized carbons (Fsp3) is 0.333. The van der Waals surface area contributed by atoms with Gasteiger partial charge in [-0.2, -0.15) is 12.8 Å². The average molecular weight is 503 g/mol. The third kappa shape index (κ3) is 5.08. The molecule has 0 saturated carbocycles. The number of carbonyl (C=O) groups is 1. The number of furan rings is 1. The minimum Gasteiger partial charge on any atom is -0.465 e. The Morgan fingerprint density at radius 1 is 1.24 bits per heavy atom. The Bertz CT molecular complexity index is 1310. The van der Waals surface area contributed by atoms with Crippen molar-refractivity contribution in [1.82, 2.24) is 13.9 Å². The number of alkyl halides is 2. The van der Waals surface area contributed by atoms with Gasteiger partial charge in [-0.15, -0.1) is 0 Å². The molecular weight excluding hydrogens is 482 g/mol. The molecular formula is C21H21F4N3O5S. The molecule has 0 aromatic carbocycles. The lowest BCUT2D eigenvalue weighted by atomic mass is 9.96. The molecule has 34 heavy (non-hydrogen) atoms. The first-order chi connectivity index (χ1) is 15.7. The summed E-state index contributed by atoms with van der Waals surface area (Å²) in [5.74, 6) is -3.33. The highest BCUT2D eigenvalue weighted by Gasteiger charge is 2.32. The van der Waals surface area contributed by atoms with E-state index in [1.807, 2.05) is 0 Å². The molecule has 0 aliphatic rings. The summed E-state index contributed by atoms with van der Waals surface area (Å²) in [7, 11) is -4.82. The van der Waals surface area contributed by atoms with E-state index in [9.17, 15) is 31.5 Å². The van der Waals surface area contributed by atoms with Crippen molar-refractivity contribution in [3.05, 3.63) is 59.7 Å². The van der Waals surface area contributed by atoms with Crippen LogP contribution < -0.4 is 0 Å². The van der Waals surface area contributed by atoms with Gasteiger partial charge in [-0.1, -0.05) is 20.8 Å². The zero-order valence-corrected chi connectivity index (χ0v) is 19.1. The molecule has 3 aromatic rings. The van der Waals surface area contributed by atoms with Crippen molar-refractivity contribution < 1.29 is 40.3 Å². The van der Waals surface area contributed by atoms with Crippen molar-refractivity contribution in [3.8, 4) is 11.3 Å². The van der Waals surface area contributed by atoms with Gasteiger partial charge < -0.3 is 14.4 Å². The number of hydrogen-bond acceptors (Lipinski definition) is 5. The van der Waals surface area contributed by atoms with Gasteiger partial charge in [0.1, 0.15) is 5.69 Å². The molecule has 3 aromatic heterocycles. The summed E-state index contributed by atoms with van der Waals surface area (Å²) >= 11 is 0. The minimum atomic E-state index is -4.82. The number of carboxylic acid groups (broad SMARTS) is 1. The van der Waals surface area contributed by atoms with Crippen molar-refractivity contribution in [3.63, 3.8) is 0 Å². The summed E-state index contributed by atoms with van der Waals surface area (Å²) in [6, 6.07) is 3.83. The molecule has 13 heteroatoms. The second-order valence-electron chi connectivity index (χ2n) is 8.62. The highest BCUT2D eigenvalue weighted by molar-refractivity contribution is 7.89. The maximum atomic E-state index is 15.5. The molecule has 0 radical (unpaired) electrons. The molecule has 0 saturated heterocycles. The third-order valence-electron chi connectivity index (χ3n) is 4.62. The Labute approximate surface area is 192 Å². The quantitative estimate of drug-likeness (QED) is 0.354. The molecule has 0 atom stereocenters. The van der Waals surface area contributed by atoms with Crippen molar-refractivity contribution in [2.24, 2.45) is 5.41 Å². The molecule has 0 aliphatic carbocycles. The van der Waals surface area contributed by atoms with Gasteiger partial charge in [0, 0.05) is 24.5 Å². The van der Waals surface area contributed by atoms with Crippen molar-refractivity contribution in [1.29, 1.82) is 0 Å². The third-order valence-corrected chi connectivity index (χ3v) is 6.16. The highest BCUT2D eigenvalue weighted by atomic mass is 32.2. The SMILES string of the molecule is CC(C)(C)CN(Cc1cn(S(=O)(=O)c2ccc(C(F)F)o2)c(-c2cccnc2F)c1F)C(=O)O. The van der Waals surface area contributed by atoms with Crippen LogP contribution in [0.3, 0.4) is 0 Å². The lowest BCUT2D eigenvalue weighted by molar-refractivity contribution is 0.116. The molecule has 0 fully saturated rings. The van der Waals surface area contributed by atoms with E-state index in [1.54, 1.807) is 20.8 Å². The van der Waals surface area contributed by atoms with Crippen LogP contribution in [0.25, 0.3) is 11.3 Å². The second kappa shape index (κ2) is 9.12. The highest BCUT2D eigenvalue weighted by Crippen LogP contribution is 2.34. The summed E-state index contributed by atoms with van der Waals surface area (Å²) in [6.07, 6.45) is -2.64. The fourth-order valence-electron chi connectivity index (χ4n) is 3.27. The van der Waals surface area contributed by atoms with Crippen molar-refractivity contribution >= 4 is 16.1 Å². The Hall–Kier alpha value is -3.35. The standard InChI is InChI=1S/C21H21F4N3O5S/c1-21(2,3)11-27(20(29)30)9-12-10-28(17(16(12)22)13-5-4-8-26-19(13)25)34(31,32)15-7-6-14(33-15)18(23)24/h4-8,10,18H,9,11H2,1-3H3,(H,29,30). The van der Waals surface area contributed by atoms with Gasteiger partial charge in [-0.05, 0) is 29.7 Å². The van der Waals surface area contributed by atoms with Crippen LogP contribution in [0.1, 0.15) is 38.5 Å². The van der Waals surface area contributed by atoms with E-state index in [4.69, 9.17) is 4.42 Å². The summed E-state index contributed by atoms with van der Waals surface area (Å²) < 4.78 is 87.2. The van der Waals surface area contributed by atoms with Gasteiger partial charge in [0.05, 0.1) is 12.1 Å². The number of hydrogen-bond donors (Lipinski definition) is 1. The smallest absolute Gasteiger partial charge is 0.407 e. The molecule has 1 amide bonds. The topological polar surface area (TPSA) is 106 Å². The van der Waals surface area contributed by atoms with E-state index in [2.05, 4.69) is 4.98 Å². The zero-order chi connectivity index (χ0) is 25.4. The van der Waals surface area contributed by atoms with Gasteiger partial charge in [0.15, 0.2) is 11.6 Å². The van der Waals surface area contributed by atoms with Crippen LogP contribution in [0, 0.1) is 17.2 Å². The predicted octanol–water partition coefficient (Wildman–Crippen LogP) is 5.12. The minimum absolute atomic E-state index is 0.0216. The maximum Gasteiger partial charge on any atom is 0.407 e. The Morgan fingerprint density at radius 3 is 2.44 bits per heavy atom. The van der Waals surface area contributed by atoms with Crippen LogP contribution in [0.15, 0.2) is 46.2 Å². The number of rotatable bonds is 7. The van der Waals surface area contributed by atoms with E-state index >= 15 is 4.39 Å². The van der Waals surface area contributed by atoms with Crippen molar-refractivity contribution in [2.45, 2.75) is 38.8 Å². The van der Waals surface area contributed by atoms with Crippen molar-refractivity contribution in [2.75, 3.05) is 6.54 Å². The van der Waals surface area contributed by atoms with E-state index in [0.29, 0.717) is 3.97 Å². The van der Waals surface area contributed by atoms with Crippen LogP contribution in [0.2, 0.25) is 0 Å². The Balaban J connectivity index is 2.20. The summed E-state index contributed by atoms with van der Waals surface area (Å²) in [6.45, 7) is 4.68. The van der Waals surface area contributed by atoms with Crippen LogP contribution in [0.5, 0.6) is 0 Å². The van der Waals surface area contributed by atoms with E-state index < -0.39 is 68.4 Å². The van der Waals surface area contributed by atoms with E-state index in [0.717, 1.165) is 35.5 Å². The lowest BCUT2D eigenvalue weighted by Crippen LogP contribution is -2.36. The molecule has 184 valence electrons. The van der Waals surface area contributed by atoms with Crippen LogP contribution >= 0.6 is 0 Å². The van der Waals surface area contributed by atoms with Crippen LogP contribution in [0.4, 0.5) is 22.4 Å². The van der Waals surface area contributed by atoms with E-state index in [1.165, 1.54) is 6.07 Å². The molecule has 0 bridgehead atoms. The molecule has 8 nitrogen and oxygen atoms in total. The first-order valence-electron chi connectivity index (χ1n) is 9.84. The molecule has 0 unspecified atom stereocenters. The van der Waals surface area contributed by atoms with Gasteiger partial charge in [-0.25, -0.2) is 26.9 Å². The lowest BCUT2D eigenvalue weighted by Gasteiger charge is -2.27. The van der Waals surface area contributed by atoms with Crippen LogP contribution in [-0.4, -0.2) is 40.0 Å². The number of aromatic nitrogens is 2. The predicted molar refractivity (Wildman–Crippen MR) is 112 cm³/mol. The normalized spacial score (nSPS) is 12.4. The van der Waals surface area contributed by atoms with Crippen LogP contribution in [-0.2, 0) is 16.6 Å². The van der Waals surface area contributed by atoms with Gasteiger partial charge in [-0.3, -0.25) is 0 Å². The number of halogens is 4. The number of amides is 1. The maximum absolute atomic E-state index is 15.5. The average Bonchev–Trinajstić information content (AvgIpc) is 3.34. The van der Waals surface area contributed by atoms with Gasteiger partial charge in [0.25, 0.3) is 6.43 Å².